The van der Waals surface area contributed by atoms with E-state index in [2.05, 4.69) is 4.74 Å². The summed E-state index contributed by atoms with van der Waals surface area (Å²) >= 11 is 1.66. The molecule has 0 bridgehead atoms. The lowest BCUT2D eigenvalue weighted by Gasteiger charge is -2.10. The number of hydrogen-bond donors (Lipinski definition) is 0. The van der Waals surface area contributed by atoms with Crippen LogP contribution in [-0.2, 0) is 16.1 Å². The zero-order valence-electron chi connectivity index (χ0n) is 10.1. The Morgan fingerprint density at radius 2 is 2.29 bits per heavy atom. The summed E-state index contributed by atoms with van der Waals surface area (Å²) in [6.45, 7) is 2.64. The first-order valence-corrected chi connectivity index (χ1v) is 6.52. The molecule has 4 nitrogen and oxygen atoms in total. The van der Waals surface area contributed by atoms with Crippen molar-refractivity contribution in [2.75, 3.05) is 12.9 Å². The Hall–Kier alpha value is -1.23. The van der Waals surface area contributed by atoms with Gasteiger partial charge in [0.25, 0.3) is 5.56 Å². The van der Waals surface area contributed by atoms with Crippen LogP contribution >= 0.6 is 11.8 Å². The van der Waals surface area contributed by atoms with E-state index in [1.165, 1.54) is 7.11 Å². The van der Waals surface area contributed by atoms with Crippen LogP contribution < -0.4 is 5.56 Å². The van der Waals surface area contributed by atoms with Crippen molar-refractivity contribution in [2.24, 2.45) is 0 Å². The Balaban J connectivity index is 2.31. The van der Waals surface area contributed by atoms with Crippen molar-refractivity contribution >= 4 is 17.7 Å². The van der Waals surface area contributed by atoms with Crippen LogP contribution in [0.25, 0.3) is 0 Å². The number of aryl methyl sites for hydroxylation is 1. The zero-order chi connectivity index (χ0) is 12.7. The SMILES string of the molecule is COC(=O)CC(C)SCCn1ccccc1=O. The summed E-state index contributed by atoms with van der Waals surface area (Å²) in [6, 6.07) is 5.11. The van der Waals surface area contributed by atoms with Crippen molar-refractivity contribution in [3.05, 3.63) is 34.7 Å². The average Bonchev–Trinajstić information content (AvgIpc) is 2.31. The molecule has 0 aliphatic heterocycles. The molecular weight excluding hydrogens is 238 g/mol. The lowest BCUT2D eigenvalue weighted by atomic mass is 10.3. The molecule has 1 atom stereocenters. The molecule has 0 aliphatic rings. The van der Waals surface area contributed by atoms with Gasteiger partial charge in [-0.25, -0.2) is 0 Å². The molecule has 1 aromatic rings. The summed E-state index contributed by atoms with van der Waals surface area (Å²) in [5.41, 5.74) is 0.00807. The summed E-state index contributed by atoms with van der Waals surface area (Å²) in [4.78, 5) is 22.4. The molecule has 1 aromatic heterocycles. The van der Waals surface area contributed by atoms with Crippen molar-refractivity contribution in [3.63, 3.8) is 0 Å². The number of aromatic nitrogens is 1. The fraction of sp³-hybridized carbons (Fsp3) is 0.500. The highest BCUT2D eigenvalue weighted by molar-refractivity contribution is 7.99. The van der Waals surface area contributed by atoms with Crippen LogP contribution in [-0.4, -0.2) is 28.6 Å². The molecule has 0 spiro atoms. The summed E-state index contributed by atoms with van der Waals surface area (Å²) < 4.78 is 6.26. The van der Waals surface area contributed by atoms with E-state index in [0.717, 1.165) is 5.75 Å². The van der Waals surface area contributed by atoms with Crippen molar-refractivity contribution in [3.8, 4) is 0 Å². The molecule has 17 heavy (non-hydrogen) atoms. The quantitative estimate of drug-likeness (QED) is 0.723. The Kier molecular flexibility index (Phi) is 5.83. The van der Waals surface area contributed by atoms with Gasteiger partial charge in [0, 0.05) is 29.8 Å². The van der Waals surface area contributed by atoms with Gasteiger partial charge >= 0.3 is 5.97 Å². The topological polar surface area (TPSA) is 48.3 Å². The maximum absolute atomic E-state index is 11.4. The van der Waals surface area contributed by atoms with Gasteiger partial charge in [-0.05, 0) is 6.07 Å². The Labute approximate surface area is 105 Å². The molecule has 1 unspecified atom stereocenters. The molecule has 1 rings (SSSR count). The molecule has 0 saturated heterocycles. The summed E-state index contributed by atoms with van der Waals surface area (Å²) in [5, 5.41) is 0.210. The van der Waals surface area contributed by atoms with E-state index in [1.54, 1.807) is 34.7 Å². The molecule has 0 saturated carbocycles. The van der Waals surface area contributed by atoms with Gasteiger partial charge in [-0.1, -0.05) is 13.0 Å². The molecule has 0 aromatic carbocycles. The Bertz CT molecular complexity index is 416. The lowest BCUT2D eigenvalue weighted by molar-refractivity contribution is -0.140. The number of pyridine rings is 1. The number of thioether (sulfide) groups is 1. The number of ether oxygens (including phenoxy) is 1. The van der Waals surface area contributed by atoms with Crippen molar-refractivity contribution in [1.82, 2.24) is 4.57 Å². The molecule has 0 aliphatic carbocycles. The first-order chi connectivity index (χ1) is 8.13. The van der Waals surface area contributed by atoms with Gasteiger partial charge in [0.2, 0.25) is 0 Å². The fourth-order valence-electron chi connectivity index (χ4n) is 1.37. The van der Waals surface area contributed by atoms with Crippen LogP contribution in [0.15, 0.2) is 29.2 Å². The summed E-state index contributed by atoms with van der Waals surface area (Å²) in [5.74, 6) is 0.615. The highest BCUT2D eigenvalue weighted by Gasteiger charge is 2.09. The third-order valence-corrected chi connectivity index (χ3v) is 3.47. The summed E-state index contributed by atoms with van der Waals surface area (Å²) in [6.07, 6.45) is 2.18. The second-order valence-electron chi connectivity index (χ2n) is 3.69. The lowest BCUT2D eigenvalue weighted by Crippen LogP contribution is -2.19. The van der Waals surface area contributed by atoms with Crippen molar-refractivity contribution < 1.29 is 9.53 Å². The predicted octanol–water partition coefficient (Wildman–Crippen LogP) is 1.53. The molecule has 0 radical (unpaired) electrons. The molecule has 1 heterocycles. The second-order valence-corrected chi connectivity index (χ2v) is 5.24. The van der Waals surface area contributed by atoms with Crippen LogP contribution in [0.4, 0.5) is 0 Å². The van der Waals surface area contributed by atoms with Crippen LogP contribution in [0, 0.1) is 0 Å². The number of carbonyl (C=O) groups excluding carboxylic acids is 1. The largest absolute Gasteiger partial charge is 0.469 e. The first-order valence-electron chi connectivity index (χ1n) is 5.47. The van der Waals surface area contributed by atoms with E-state index < -0.39 is 0 Å². The van der Waals surface area contributed by atoms with Gasteiger partial charge in [0.05, 0.1) is 13.5 Å². The highest BCUT2D eigenvalue weighted by Crippen LogP contribution is 2.14. The highest BCUT2D eigenvalue weighted by atomic mass is 32.2. The minimum atomic E-state index is -0.193. The van der Waals surface area contributed by atoms with Gasteiger partial charge in [0.15, 0.2) is 0 Å². The normalized spacial score (nSPS) is 12.1. The maximum Gasteiger partial charge on any atom is 0.306 e. The number of methoxy groups -OCH3 is 1. The molecule has 0 amide bonds. The Morgan fingerprint density at radius 1 is 1.53 bits per heavy atom. The van der Waals surface area contributed by atoms with Crippen molar-refractivity contribution in [2.45, 2.75) is 25.1 Å². The van der Waals surface area contributed by atoms with Crippen LogP contribution in [0.5, 0.6) is 0 Å². The van der Waals surface area contributed by atoms with Crippen LogP contribution in [0.1, 0.15) is 13.3 Å². The minimum absolute atomic E-state index is 0.00807. The maximum atomic E-state index is 11.4. The number of hydrogen-bond acceptors (Lipinski definition) is 4. The molecule has 0 N–H and O–H groups in total. The van der Waals surface area contributed by atoms with E-state index in [1.807, 2.05) is 13.0 Å². The van der Waals surface area contributed by atoms with E-state index in [9.17, 15) is 9.59 Å². The van der Waals surface area contributed by atoms with Gasteiger partial charge in [-0.15, -0.1) is 0 Å². The monoisotopic (exact) mass is 255 g/mol. The van der Waals surface area contributed by atoms with Gasteiger partial charge < -0.3 is 9.30 Å². The van der Waals surface area contributed by atoms with Crippen molar-refractivity contribution in [1.29, 1.82) is 0 Å². The number of esters is 1. The van der Waals surface area contributed by atoms with E-state index in [4.69, 9.17) is 0 Å². The van der Waals surface area contributed by atoms with Gasteiger partial charge in [-0.2, -0.15) is 11.8 Å². The minimum Gasteiger partial charge on any atom is -0.469 e. The van der Waals surface area contributed by atoms with E-state index in [-0.39, 0.29) is 16.8 Å². The molecule has 5 heteroatoms. The van der Waals surface area contributed by atoms with E-state index in [0.29, 0.717) is 13.0 Å². The number of nitrogens with zero attached hydrogens (tertiary/aromatic N) is 1. The van der Waals surface area contributed by atoms with E-state index >= 15 is 0 Å². The first kappa shape index (κ1) is 13.8. The third kappa shape index (κ3) is 5.08. The van der Waals surface area contributed by atoms with Gasteiger partial charge in [-0.3, -0.25) is 9.59 Å². The van der Waals surface area contributed by atoms with Gasteiger partial charge in [0.1, 0.15) is 0 Å². The Morgan fingerprint density at radius 3 is 2.94 bits per heavy atom. The number of carbonyl (C=O) groups is 1. The van der Waals surface area contributed by atoms with Crippen LogP contribution in [0.3, 0.4) is 0 Å². The fourth-order valence-corrected chi connectivity index (χ4v) is 2.33. The van der Waals surface area contributed by atoms with Crippen LogP contribution in [0.2, 0.25) is 0 Å². The average molecular weight is 255 g/mol. The molecule has 0 fully saturated rings. The summed E-state index contributed by atoms with van der Waals surface area (Å²) in [7, 11) is 1.39. The number of rotatable bonds is 6. The second kappa shape index (κ2) is 7.17. The zero-order valence-corrected chi connectivity index (χ0v) is 10.9. The predicted molar refractivity (Wildman–Crippen MR) is 69.3 cm³/mol. The third-order valence-electron chi connectivity index (χ3n) is 2.32. The molecule has 94 valence electrons. The standard InChI is InChI=1S/C12H17NO3S/c1-10(9-12(15)16-2)17-8-7-13-6-4-3-5-11(13)14/h3-6,10H,7-9H2,1-2H3. The smallest absolute Gasteiger partial charge is 0.306 e. The molecular formula is C12H17NO3S.